The summed E-state index contributed by atoms with van der Waals surface area (Å²) in [6, 6.07) is 18.3. The third-order valence-corrected chi connectivity index (χ3v) is 6.42. The number of halogens is 6. The number of carbonyl (C=O) groups is 2. The molecule has 4 rings (SSSR count). The first-order chi connectivity index (χ1) is 18.3. The normalized spacial score (nSPS) is 12.3. The second kappa shape index (κ2) is 9.94. The van der Waals surface area contributed by atoms with Gasteiger partial charge in [0.15, 0.2) is 0 Å². The zero-order valence-electron chi connectivity index (χ0n) is 19.7. The van der Waals surface area contributed by atoms with Gasteiger partial charge in [0.1, 0.15) is 0 Å². The van der Waals surface area contributed by atoms with Crippen molar-refractivity contribution in [2.45, 2.75) is 17.8 Å². The van der Waals surface area contributed by atoms with Crippen molar-refractivity contribution < 1.29 is 46.1 Å². The number of carboxylic acids is 2. The molecule has 0 aliphatic carbocycles. The molecule has 200 valence electrons. The van der Waals surface area contributed by atoms with Crippen molar-refractivity contribution in [2.75, 3.05) is 0 Å². The first kappa shape index (κ1) is 27.4. The molecule has 0 radical (unpaired) electrons. The molecule has 0 unspecified atom stereocenters. The van der Waals surface area contributed by atoms with Crippen molar-refractivity contribution >= 4 is 11.9 Å². The van der Waals surface area contributed by atoms with E-state index in [1.807, 2.05) is 0 Å². The van der Waals surface area contributed by atoms with Gasteiger partial charge in [-0.2, -0.15) is 26.3 Å². The van der Waals surface area contributed by atoms with Gasteiger partial charge in [-0.05, 0) is 57.6 Å². The van der Waals surface area contributed by atoms with Crippen LogP contribution in [0.25, 0.3) is 22.3 Å². The minimum atomic E-state index is -5.76. The van der Waals surface area contributed by atoms with E-state index in [1.54, 1.807) is 0 Å². The van der Waals surface area contributed by atoms with Gasteiger partial charge in [0.05, 0.1) is 11.1 Å². The summed E-state index contributed by atoms with van der Waals surface area (Å²) in [4.78, 5) is 22.1. The Morgan fingerprint density at radius 3 is 0.872 bits per heavy atom. The largest absolute Gasteiger partial charge is 0.478 e. The van der Waals surface area contributed by atoms with E-state index >= 15 is 0 Å². The Morgan fingerprint density at radius 2 is 0.667 bits per heavy atom. The van der Waals surface area contributed by atoms with Crippen LogP contribution in [0.1, 0.15) is 31.8 Å². The van der Waals surface area contributed by atoms with Gasteiger partial charge >= 0.3 is 24.3 Å². The Kier molecular flexibility index (Phi) is 6.99. The average Bonchev–Trinajstić information content (AvgIpc) is 2.88. The fraction of sp³-hybridized carbons (Fsp3) is 0.103. The van der Waals surface area contributed by atoms with E-state index in [2.05, 4.69) is 0 Å². The summed E-state index contributed by atoms with van der Waals surface area (Å²) < 4.78 is 87.0. The summed E-state index contributed by atoms with van der Waals surface area (Å²) in [5, 5.41) is 18.0. The quantitative estimate of drug-likeness (QED) is 0.243. The number of alkyl halides is 6. The van der Waals surface area contributed by atoms with Crippen LogP contribution < -0.4 is 0 Å². The minimum absolute atomic E-state index is 0.0233. The van der Waals surface area contributed by atoms with Crippen LogP contribution in [-0.2, 0) is 5.41 Å². The zero-order valence-corrected chi connectivity index (χ0v) is 19.7. The van der Waals surface area contributed by atoms with Gasteiger partial charge in [0.25, 0.3) is 0 Å². The standard InChI is InChI=1S/C29H18F6O4/c30-28(31,32)27(29(33,34)35,23-13-9-19(10-14-23)17-1-5-21(6-2-17)25(36)37)24-15-11-20(12-16-24)18-3-7-22(8-4-18)26(38)39/h1-16H,(H,36,37)(H,38,39). The molecule has 10 heteroatoms. The number of benzene rings is 4. The third kappa shape index (κ3) is 4.97. The molecule has 0 heterocycles. The molecular weight excluding hydrogens is 526 g/mol. The number of aromatic carboxylic acids is 2. The average molecular weight is 544 g/mol. The predicted octanol–water partition coefficient (Wildman–Crippen LogP) is 7.83. The Bertz CT molecular complexity index is 1370. The molecule has 4 aromatic carbocycles. The molecule has 0 bridgehead atoms. The molecule has 0 aliphatic heterocycles. The molecule has 0 atom stereocenters. The molecule has 0 saturated heterocycles. The maximum Gasteiger partial charge on any atom is 0.411 e. The zero-order chi connectivity index (χ0) is 28.6. The minimum Gasteiger partial charge on any atom is -0.478 e. The fourth-order valence-electron chi connectivity index (χ4n) is 4.42. The third-order valence-electron chi connectivity index (χ3n) is 6.42. The summed E-state index contributed by atoms with van der Waals surface area (Å²) in [6.07, 6.45) is -11.5. The highest BCUT2D eigenvalue weighted by atomic mass is 19.4. The van der Waals surface area contributed by atoms with Gasteiger partial charge in [-0.25, -0.2) is 9.59 Å². The highest BCUT2D eigenvalue weighted by Gasteiger charge is 2.72. The van der Waals surface area contributed by atoms with E-state index in [0.29, 0.717) is 22.3 Å². The van der Waals surface area contributed by atoms with Gasteiger partial charge in [-0.15, -0.1) is 0 Å². The topological polar surface area (TPSA) is 74.6 Å². The SMILES string of the molecule is O=C(O)c1ccc(-c2ccc(C(c3ccc(-c4ccc(C(=O)O)cc4)cc3)(C(F)(F)F)C(F)(F)F)cc2)cc1. The highest BCUT2D eigenvalue weighted by molar-refractivity contribution is 5.89. The van der Waals surface area contributed by atoms with Gasteiger partial charge < -0.3 is 10.2 Å². The van der Waals surface area contributed by atoms with Crippen LogP contribution in [0.15, 0.2) is 97.1 Å². The maximum atomic E-state index is 14.5. The summed E-state index contributed by atoms with van der Waals surface area (Å²) in [6.45, 7) is 0. The lowest BCUT2D eigenvalue weighted by molar-refractivity contribution is -0.288. The van der Waals surface area contributed by atoms with Crippen LogP contribution in [0, 0.1) is 0 Å². The molecule has 0 aliphatic rings. The molecule has 2 N–H and O–H groups in total. The predicted molar refractivity (Wildman–Crippen MR) is 131 cm³/mol. The van der Waals surface area contributed by atoms with Crippen LogP contribution in [0.2, 0.25) is 0 Å². The fourth-order valence-corrected chi connectivity index (χ4v) is 4.42. The molecule has 0 spiro atoms. The molecule has 0 amide bonds. The Labute approximate surface area is 217 Å². The number of rotatable bonds is 6. The van der Waals surface area contributed by atoms with Crippen LogP contribution in [0.5, 0.6) is 0 Å². The molecule has 0 fully saturated rings. The van der Waals surface area contributed by atoms with Gasteiger partial charge in [0.2, 0.25) is 5.41 Å². The van der Waals surface area contributed by atoms with E-state index in [0.717, 1.165) is 48.5 Å². The lowest BCUT2D eigenvalue weighted by atomic mass is 9.72. The van der Waals surface area contributed by atoms with Gasteiger partial charge in [0, 0.05) is 0 Å². The number of hydrogen-bond donors (Lipinski definition) is 2. The van der Waals surface area contributed by atoms with Crippen molar-refractivity contribution in [1.29, 1.82) is 0 Å². The lowest BCUT2D eigenvalue weighted by Gasteiger charge is -2.38. The van der Waals surface area contributed by atoms with Crippen molar-refractivity contribution in [3.8, 4) is 22.3 Å². The summed E-state index contributed by atoms with van der Waals surface area (Å²) >= 11 is 0. The van der Waals surface area contributed by atoms with E-state index < -0.39 is 40.8 Å². The summed E-state index contributed by atoms with van der Waals surface area (Å²) in [7, 11) is 0. The Hall–Kier alpha value is -4.60. The first-order valence-electron chi connectivity index (χ1n) is 11.3. The monoisotopic (exact) mass is 544 g/mol. The van der Waals surface area contributed by atoms with Gasteiger partial charge in [-0.1, -0.05) is 72.8 Å². The summed E-state index contributed by atoms with van der Waals surface area (Å²) in [5.41, 5.74) is -5.03. The molecule has 4 nitrogen and oxygen atoms in total. The summed E-state index contributed by atoms with van der Waals surface area (Å²) in [5.74, 6) is -2.36. The van der Waals surface area contributed by atoms with Crippen molar-refractivity contribution in [2.24, 2.45) is 0 Å². The van der Waals surface area contributed by atoms with Crippen molar-refractivity contribution in [1.82, 2.24) is 0 Å². The first-order valence-corrected chi connectivity index (χ1v) is 11.3. The lowest BCUT2D eigenvalue weighted by Crippen LogP contribution is -2.54. The maximum absolute atomic E-state index is 14.5. The second-order valence-electron chi connectivity index (χ2n) is 8.67. The molecule has 0 saturated carbocycles. The smallest absolute Gasteiger partial charge is 0.411 e. The van der Waals surface area contributed by atoms with Crippen LogP contribution in [-0.4, -0.2) is 34.5 Å². The molecule has 39 heavy (non-hydrogen) atoms. The Morgan fingerprint density at radius 1 is 0.436 bits per heavy atom. The van der Waals surface area contributed by atoms with E-state index in [1.165, 1.54) is 48.5 Å². The van der Waals surface area contributed by atoms with E-state index in [4.69, 9.17) is 10.2 Å². The number of carboxylic acid groups (broad SMARTS) is 2. The van der Waals surface area contributed by atoms with Crippen LogP contribution in [0.3, 0.4) is 0 Å². The van der Waals surface area contributed by atoms with E-state index in [9.17, 15) is 35.9 Å². The van der Waals surface area contributed by atoms with Crippen LogP contribution >= 0.6 is 0 Å². The number of hydrogen-bond acceptors (Lipinski definition) is 2. The molecule has 0 aromatic heterocycles. The second-order valence-corrected chi connectivity index (χ2v) is 8.67. The van der Waals surface area contributed by atoms with E-state index in [-0.39, 0.29) is 11.1 Å². The van der Waals surface area contributed by atoms with Crippen molar-refractivity contribution in [3.05, 3.63) is 119 Å². The van der Waals surface area contributed by atoms with Crippen LogP contribution in [0.4, 0.5) is 26.3 Å². The highest BCUT2D eigenvalue weighted by Crippen LogP contribution is 2.56. The molecule has 4 aromatic rings. The van der Waals surface area contributed by atoms with Crippen molar-refractivity contribution in [3.63, 3.8) is 0 Å². The molecular formula is C29H18F6O4. The van der Waals surface area contributed by atoms with Gasteiger partial charge in [-0.3, -0.25) is 0 Å². The Balaban J connectivity index is 1.79.